The Balaban J connectivity index is 0.00000288. The van der Waals surface area contributed by atoms with Gasteiger partial charge >= 0.3 is 0 Å². The maximum Gasteiger partial charge on any atom is 0.226 e. The van der Waals surface area contributed by atoms with Gasteiger partial charge < -0.3 is 11.5 Å². The van der Waals surface area contributed by atoms with Crippen molar-refractivity contribution in [2.45, 2.75) is 32.9 Å². The first-order chi connectivity index (χ1) is 10.7. The third-order valence-electron chi connectivity index (χ3n) is 3.39. The SMILES string of the molecule is Br.CC(CON1C(N)=NC(N)=NC1(C)C)Cc1cc(Cl)ccc1Cl. The summed E-state index contributed by atoms with van der Waals surface area (Å²) in [7, 11) is 0. The molecular weight excluding hydrogens is 417 g/mol. The van der Waals surface area contributed by atoms with Crippen LogP contribution in [0.2, 0.25) is 10.0 Å². The number of nitrogens with two attached hydrogens (primary N) is 2. The van der Waals surface area contributed by atoms with Gasteiger partial charge in [-0.05, 0) is 49.9 Å². The third-order valence-corrected chi connectivity index (χ3v) is 3.99. The molecule has 134 valence electrons. The number of hydroxylamine groups is 2. The van der Waals surface area contributed by atoms with Crippen molar-refractivity contribution >= 4 is 52.1 Å². The van der Waals surface area contributed by atoms with Crippen LogP contribution in [0, 0.1) is 5.92 Å². The molecule has 24 heavy (non-hydrogen) atoms. The smallest absolute Gasteiger partial charge is 0.226 e. The van der Waals surface area contributed by atoms with Crippen LogP contribution in [-0.4, -0.2) is 29.3 Å². The highest BCUT2D eigenvalue weighted by Crippen LogP contribution is 2.24. The molecule has 0 aromatic heterocycles. The van der Waals surface area contributed by atoms with Crippen LogP contribution < -0.4 is 11.5 Å². The van der Waals surface area contributed by atoms with Gasteiger partial charge in [0, 0.05) is 10.0 Å². The minimum Gasteiger partial charge on any atom is -0.368 e. The van der Waals surface area contributed by atoms with E-state index in [0.29, 0.717) is 16.7 Å². The topological polar surface area (TPSA) is 89.2 Å². The number of aliphatic imine (C=N–C) groups is 2. The fourth-order valence-electron chi connectivity index (χ4n) is 2.35. The predicted molar refractivity (Wildman–Crippen MR) is 105 cm³/mol. The van der Waals surface area contributed by atoms with E-state index in [0.717, 1.165) is 12.0 Å². The van der Waals surface area contributed by atoms with Crippen molar-refractivity contribution in [3.05, 3.63) is 33.8 Å². The highest BCUT2D eigenvalue weighted by molar-refractivity contribution is 8.93. The maximum atomic E-state index is 6.19. The molecule has 1 aromatic rings. The molecule has 0 saturated carbocycles. The average molecular weight is 439 g/mol. The van der Waals surface area contributed by atoms with E-state index in [4.69, 9.17) is 39.5 Å². The molecule has 0 spiro atoms. The van der Waals surface area contributed by atoms with Crippen LogP contribution >= 0.6 is 40.2 Å². The lowest BCUT2D eigenvalue weighted by molar-refractivity contribution is -0.165. The fourth-order valence-corrected chi connectivity index (χ4v) is 2.74. The van der Waals surface area contributed by atoms with E-state index in [1.165, 1.54) is 5.06 Å². The number of halogens is 3. The Hall–Kier alpha value is -1.02. The van der Waals surface area contributed by atoms with Crippen molar-refractivity contribution in [1.29, 1.82) is 0 Å². The molecule has 0 fully saturated rings. The van der Waals surface area contributed by atoms with E-state index in [-0.39, 0.29) is 34.8 Å². The van der Waals surface area contributed by atoms with Gasteiger partial charge in [-0.2, -0.15) is 10.1 Å². The number of rotatable bonds is 5. The Bertz CT molecular complexity index is 651. The summed E-state index contributed by atoms with van der Waals surface area (Å²) in [6, 6.07) is 5.43. The molecule has 1 aromatic carbocycles. The van der Waals surface area contributed by atoms with Crippen molar-refractivity contribution in [2.24, 2.45) is 27.4 Å². The lowest BCUT2D eigenvalue weighted by atomic mass is 10.0. The van der Waals surface area contributed by atoms with Gasteiger partial charge in [-0.15, -0.1) is 17.0 Å². The summed E-state index contributed by atoms with van der Waals surface area (Å²) in [6.07, 6.45) is 0.732. The molecule has 0 amide bonds. The molecule has 9 heteroatoms. The van der Waals surface area contributed by atoms with Crippen LogP contribution in [0.25, 0.3) is 0 Å². The number of hydrogen-bond acceptors (Lipinski definition) is 6. The van der Waals surface area contributed by atoms with Crippen LogP contribution in [0.15, 0.2) is 28.2 Å². The Kier molecular flexibility index (Phi) is 7.34. The van der Waals surface area contributed by atoms with E-state index >= 15 is 0 Å². The van der Waals surface area contributed by atoms with Crippen molar-refractivity contribution in [1.82, 2.24) is 5.06 Å². The predicted octanol–water partition coefficient (Wildman–Crippen LogP) is 3.36. The standard InChI is InChI=1S/C15H21Cl2N5O.BrH/c1-9(6-10-7-11(16)4-5-12(10)17)8-23-22-14(19)20-13(18)21-15(22,2)3;/h4-5,7,9H,6,8H2,1-3H3,(H4,18,19,20,21);1H. The molecule has 4 N–H and O–H groups in total. The second-order valence-electron chi connectivity index (χ2n) is 6.07. The van der Waals surface area contributed by atoms with Crippen molar-refractivity contribution < 1.29 is 4.84 Å². The molecule has 1 heterocycles. The zero-order chi connectivity index (χ0) is 17.2. The summed E-state index contributed by atoms with van der Waals surface area (Å²) in [6.45, 7) is 6.18. The largest absolute Gasteiger partial charge is 0.368 e. The molecule has 6 nitrogen and oxygen atoms in total. The molecule has 0 saturated heterocycles. The average Bonchev–Trinajstić information content (AvgIpc) is 2.40. The Labute approximate surface area is 162 Å². The zero-order valence-corrected chi connectivity index (χ0v) is 17.0. The van der Waals surface area contributed by atoms with E-state index in [1.54, 1.807) is 12.1 Å². The molecule has 1 aliphatic rings. The maximum absolute atomic E-state index is 6.19. The number of hydrogen-bond donors (Lipinski definition) is 2. The second-order valence-corrected chi connectivity index (χ2v) is 6.91. The van der Waals surface area contributed by atoms with Crippen LogP contribution in [-0.2, 0) is 11.3 Å². The van der Waals surface area contributed by atoms with Crippen molar-refractivity contribution in [2.75, 3.05) is 6.61 Å². The highest BCUT2D eigenvalue weighted by Gasteiger charge is 2.33. The molecular formula is C15H22BrCl2N5O. The summed E-state index contributed by atoms with van der Waals surface area (Å²) in [5.41, 5.74) is 11.8. The van der Waals surface area contributed by atoms with E-state index < -0.39 is 5.66 Å². The Morgan fingerprint density at radius 3 is 2.58 bits per heavy atom. The molecule has 0 radical (unpaired) electrons. The lowest BCUT2D eigenvalue weighted by Gasteiger charge is -2.37. The van der Waals surface area contributed by atoms with E-state index in [2.05, 4.69) is 16.9 Å². The summed E-state index contributed by atoms with van der Waals surface area (Å²) < 4.78 is 0. The first-order valence-electron chi connectivity index (χ1n) is 7.25. The van der Waals surface area contributed by atoms with Gasteiger partial charge in [0.1, 0.15) is 0 Å². The van der Waals surface area contributed by atoms with Crippen LogP contribution in [0.5, 0.6) is 0 Å². The van der Waals surface area contributed by atoms with Crippen LogP contribution in [0.3, 0.4) is 0 Å². The highest BCUT2D eigenvalue weighted by atomic mass is 79.9. The van der Waals surface area contributed by atoms with Crippen LogP contribution in [0.4, 0.5) is 0 Å². The third kappa shape index (κ3) is 5.24. The van der Waals surface area contributed by atoms with Gasteiger partial charge in [-0.25, -0.2) is 4.99 Å². The number of guanidine groups is 2. The van der Waals surface area contributed by atoms with Crippen molar-refractivity contribution in [3.8, 4) is 0 Å². The van der Waals surface area contributed by atoms with Crippen LogP contribution in [0.1, 0.15) is 26.3 Å². The van der Waals surface area contributed by atoms with E-state index in [9.17, 15) is 0 Å². The van der Waals surface area contributed by atoms with E-state index in [1.807, 2.05) is 19.9 Å². The minimum atomic E-state index is -0.705. The van der Waals surface area contributed by atoms with Gasteiger partial charge in [0.15, 0.2) is 5.66 Å². The molecule has 0 bridgehead atoms. The van der Waals surface area contributed by atoms with Gasteiger partial charge in [0.05, 0.1) is 6.61 Å². The number of nitrogens with zero attached hydrogens (tertiary/aromatic N) is 3. The second kappa shape index (κ2) is 8.38. The first-order valence-corrected chi connectivity index (χ1v) is 8.01. The van der Waals surface area contributed by atoms with Gasteiger partial charge in [-0.1, -0.05) is 30.1 Å². The fraction of sp³-hybridized carbons (Fsp3) is 0.467. The van der Waals surface area contributed by atoms with Gasteiger partial charge in [-0.3, -0.25) is 4.84 Å². The summed E-state index contributed by atoms with van der Waals surface area (Å²) >= 11 is 12.2. The first kappa shape index (κ1) is 21.0. The van der Waals surface area contributed by atoms with Gasteiger partial charge in [0.25, 0.3) is 0 Å². The minimum absolute atomic E-state index is 0. The summed E-state index contributed by atoms with van der Waals surface area (Å²) in [5, 5.41) is 2.83. The molecule has 1 unspecified atom stereocenters. The van der Waals surface area contributed by atoms with Crippen molar-refractivity contribution in [3.63, 3.8) is 0 Å². The molecule has 2 rings (SSSR count). The normalized spacial score (nSPS) is 17.6. The monoisotopic (exact) mass is 437 g/mol. The molecule has 1 aliphatic heterocycles. The quantitative estimate of drug-likeness (QED) is 0.737. The summed E-state index contributed by atoms with van der Waals surface area (Å²) in [5.74, 6) is 0.527. The zero-order valence-electron chi connectivity index (χ0n) is 13.8. The molecule has 1 atom stereocenters. The summed E-state index contributed by atoms with van der Waals surface area (Å²) in [4.78, 5) is 14.0. The lowest BCUT2D eigenvalue weighted by Crippen LogP contribution is -2.54. The molecule has 0 aliphatic carbocycles. The Morgan fingerprint density at radius 2 is 1.96 bits per heavy atom. The van der Waals surface area contributed by atoms with Gasteiger partial charge in [0.2, 0.25) is 11.9 Å². The Morgan fingerprint density at radius 1 is 1.29 bits per heavy atom. The number of benzene rings is 1.